The van der Waals surface area contributed by atoms with E-state index in [-0.39, 0.29) is 0 Å². The maximum atomic E-state index is 11.2. The summed E-state index contributed by atoms with van der Waals surface area (Å²) in [7, 11) is 0. The molecule has 4 nitrogen and oxygen atoms in total. The van der Waals surface area contributed by atoms with E-state index in [0.29, 0.717) is 11.6 Å². The van der Waals surface area contributed by atoms with Gasteiger partial charge in [-0.1, -0.05) is 13.8 Å². The van der Waals surface area contributed by atoms with Crippen molar-refractivity contribution in [2.24, 2.45) is 11.8 Å². The summed E-state index contributed by atoms with van der Waals surface area (Å²) in [5.41, 5.74) is -0.251. The van der Waals surface area contributed by atoms with Gasteiger partial charge in [-0.15, -0.1) is 11.3 Å². The van der Waals surface area contributed by atoms with Gasteiger partial charge in [-0.3, -0.25) is 4.79 Å². The molecule has 19 heavy (non-hydrogen) atoms. The molecule has 1 aromatic heterocycles. The molecular formula is C14H22N2O2S. The molecule has 1 aromatic rings. The van der Waals surface area contributed by atoms with Crippen molar-refractivity contribution in [2.45, 2.75) is 39.5 Å². The summed E-state index contributed by atoms with van der Waals surface area (Å²) >= 11 is 1.56. The van der Waals surface area contributed by atoms with Crippen LogP contribution < -0.4 is 4.90 Å². The van der Waals surface area contributed by atoms with Gasteiger partial charge in [0.15, 0.2) is 5.13 Å². The topological polar surface area (TPSA) is 53.4 Å². The average Bonchev–Trinajstić information content (AvgIpc) is 2.97. The predicted octanol–water partition coefficient (Wildman–Crippen LogP) is 2.99. The van der Waals surface area contributed by atoms with Gasteiger partial charge in [-0.05, 0) is 32.1 Å². The second-order valence-corrected chi connectivity index (χ2v) is 7.02. The lowest BCUT2D eigenvalue weighted by molar-refractivity contribution is -0.142. The molecule has 1 aliphatic rings. The summed E-state index contributed by atoms with van der Waals surface area (Å²) in [5.74, 6) is 0.588. The van der Waals surface area contributed by atoms with Gasteiger partial charge < -0.3 is 10.0 Å². The Kier molecular flexibility index (Phi) is 3.85. The molecule has 1 atom stereocenters. The van der Waals surface area contributed by atoms with E-state index in [9.17, 15) is 9.90 Å². The Bertz CT molecular complexity index is 468. The first-order chi connectivity index (χ1) is 8.82. The Hall–Kier alpha value is -1.10. The third-order valence-electron chi connectivity index (χ3n) is 4.11. The quantitative estimate of drug-likeness (QED) is 0.922. The van der Waals surface area contributed by atoms with Crippen LogP contribution in [-0.4, -0.2) is 29.1 Å². The molecule has 1 fully saturated rings. The van der Waals surface area contributed by atoms with Crippen LogP contribution in [0.15, 0.2) is 5.38 Å². The van der Waals surface area contributed by atoms with Crippen LogP contribution in [0.4, 0.5) is 5.13 Å². The van der Waals surface area contributed by atoms with E-state index in [0.717, 1.165) is 24.1 Å². The van der Waals surface area contributed by atoms with Gasteiger partial charge in [0.1, 0.15) is 5.41 Å². The van der Waals surface area contributed by atoms with E-state index < -0.39 is 11.4 Å². The minimum Gasteiger partial charge on any atom is -0.481 e. The van der Waals surface area contributed by atoms with Crippen LogP contribution in [-0.2, 0) is 10.2 Å². The van der Waals surface area contributed by atoms with Gasteiger partial charge in [0.25, 0.3) is 0 Å². The molecule has 0 bridgehead atoms. The Morgan fingerprint density at radius 3 is 2.79 bits per heavy atom. The van der Waals surface area contributed by atoms with Crippen molar-refractivity contribution in [2.75, 3.05) is 18.0 Å². The summed E-state index contributed by atoms with van der Waals surface area (Å²) in [6.45, 7) is 10.00. The SMILES string of the molecule is CC(C)C1CCN(c2nc(C(C)(C)C(=O)O)cs2)C1. The number of rotatable bonds is 4. The lowest BCUT2D eigenvalue weighted by atomic mass is 9.90. The molecule has 2 rings (SSSR count). The van der Waals surface area contributed by atoms with Gasteiger partial charge in [0, 0.05) is 18.5 Å². The highest BCUT2D eigenvalue weighted by atomic mass is 32.1. The largest absolute Gasteiger partial charge is 0.481 e. The molecule has 0 aromatic carbocycles. The van der Waals surface area contributed by atoms with Crippen molar-refractivity contribution in [3.05, 3.63) is 11.1 Å². The molecule has 0 spiro atoms. The Morgan fingerprint density at radius 1 is 1.58 bits per heavy atom. The molecular weight excluding hydrogens is 260 g/mol. The number of aromatic nitrogens is 1. The summed E-state index contributed by atoms with van der Waals surface area (Å²) < 4.78 is 0. The highest BCUT2D eigenvalue weighted by molar-refractivity contribution is 7.13. The second kappa shape index (κ2) is 5.12. The van der Waals surface area contributed by atoms with Crippen LogP contribution in [0.25, 0.3) is 0 Å². The smallest absolute Gasteiger partial charge is 0.315 e. The Morgan fingerprint density at radius 2 is 2.26 bits per heavy atom. The van der Waals surface area contributed by atoms with E-state index >= 15 is 0 Å². The van der Waals surface area contributed by atoms with E-state index in [1.807, 2.05) is 5.38 Å². The number of hydrogen-bond acceptors (Lipinski definition) is 4. The molecule has 1 aliphatic heterocycles. The van der Waals surface area contributed by atoms with Crippen molar-refractivity contribution in [1.82, 2.24) is 4.98 Å². The molecule has 0 radical (unpaired) electrons. The minimum atomic E-state index is -0.911. The van der Waals surface area contributed by atoms with Crippen LogP contribution in [0.1, 0.15) is 39.8 Å². The third-order valence-corrected chi connectivity index (χ3v) is 5.01. The number of hydrogen-bond donors (Lipinski definition) is 1. The summed E-state index contributed by atoms with van der Waals surface area (Å²) in [6, 6.07) is 0. The lowest BCUT2D eigenvalue weighted by Crippen LogP contribution is -2.29. The number of thiazole rings is 1. The highest BCUT2D eigenvalue weighted by Gasteiger charge is 2.33. The number of aliphatic carboxylic acids is 1. The molecule has 106 valence electrons. The van der Waals surface area contributed by atoms with E-state index in [1.54, 1.807) is 25.2 Å². The first-order valence-electron chi connectivity index (χ1n) is 6.76. The van der Waals surface area contributed by atoms with Crippen LogP contribution in [0.2, 0.25) is 0 Å². The van der Waals surface area contributed by atoms with Crippen molar-refractivity contribution >= 4 is 22.4 Å². The molecule has 0 aliphatic carbocycles. The van der Waals surface area contributed by atoms with Crippen molar-refractivity contribution in [3.8, 4) is 0 Å². The number of carboxylic acids is 1. The van der Waals surface area contributed by atoms with E-state index in [2.05, 4.69) is 23.7 Å². The van der Waals surface area contributed by atoms with Crippen LogP contribution in [0.3, 0.4) is 0 Å². The Balaban J connectivity index is 2.13. The van der Waals surface area contributed by atoms with Crippen molar-refractivity contribution in [3.63, 3.8) is 0 Å². The molecule has 5 heteroatoms. The number of anilines is 1. The monoisotopic (exact) mass is 282 g/mol. The zero-order valence-corrected chi connectivity index (χ0v) is 12.8. The molecule has 1 saturated heterocycles. The molecule has 2 heterocycles. The fraction of sp³-hybridized carbons (Fsp3) is 0.714. The average molecular weight is 282 g/mol. The zero-order valence-electron chi connectivity index (χ0n) is 12.0. The fourth-order valence-corrected chi connectivity index (χ4v) is 3.34. The zero-order chi connectivity index (χ0) is 14.2. The van der Waals surface area contributed by atoms with Crippen LogP contribution >= 0.6 is 11.3 Å². The summed E-state index contributed by atoms with van der Waals surface area (Å²) in [6.07, 6.45) is 1.20. The maximum Gasteiger partial charge on any atom is 0.315 e. The normalized spacial score (nSPS) is 20.3. The van der Waals surface area contributed by atoms with Gasteiger partial charge in [0.05, 0.1) is 5.69 Å². The second-order valence-electron chi connectivity index (χ2n) is 6.18. The molecule has 1 unspecified atom stereocenters. The van der Waals surface area contributed by atoms with Crippen LogP contribution in [0.5, 0.6) is 0 Å². The van der Waals surface area contributed by atoms with Gasteiger partial charge in [0.2, 0.25) is 0 Å². The van der Waals surface area contributed by atoms with Crippen molar-refractivity contribution < 1.29 is 9.90 Å². The summed E-state index contributed by atoms with van der Waals surface area (Å²) in [4.78, 5) is 18.1. The maximum absolute atomic E-state index is 11.2. The van der Waals surface area contributed by atoms with Gasteiger partial charge >= 0.3 is 5.97 Å². The van der Waals surface area contributed by atoms with Gasteiger partial charge in [-0.25, -0.2) is 4.98 Å². The number of carbonyl (C=O) groups is 1. The molecule has 0 amide bonds. The Labute approximate surface area is 118 Å². The van der Waals surface area contributed by atoms with Crippen LogP contribution in [0, 0.1) is 11.8 Å². The standard InChI is InChI=1S/C14H22N2O2S/c1-9(2)10-5-6-16(7-10)13-15-11(8-19-13)14(3,4)12(17)18/h8-10H,5-7H2,1-4H3,(H,17,18). The summed E-state index contributed by atoms with van der Waals surface area (Å²) in [5, 5.41) is 12.1. The minimum absolute atomic E-state index is 0.660. The lowest BCUT2D eigenvalue weighted by Gasteiger charge is -2.18. The van der Waals surface area contributed by atoms with E-state index in [4.69, 9.17) is 0 Å². The van der Waals surface area contributed by atoms with Gasteiger partial charge in [-0.2, -0.15) is 0 Å². The number of carboxylic acid groups (broad SMARTS) is 1. The predicted molar refractivity (Wildman–Crippen MR) is 77.9 cm³/mol. The fourth-order valence-electron chi connectivity index (χ4n) is 2.31. The number of nitrogens with zero attached hydrogens (tertiary/aromatic N) is 2. The molecule has 0 saturated carbocycles. The third kappa shape index (κ3) is 2.76. The highest BCUT2D eigenvalue weighted by Crippen LogP contribution is 2.33. The van der Waals surface area contributed by atoms with E-state index in [1.165, 1.54) is 6.42 Å². The molecule has 1 N–H and O–H groups in total. The first-order valence-corrected chi connectivity index (χ1v) is 7.64. The first kappa shape index (κ1) is 14.3. The van der Waals surface area contributed by atoms with Crippen molar-refractivity contribution in [1.29, 1.82) is 0 Å².